The second-order valence-corrected chi connectivity index (χ2v) is 3.86. The Morgan fingerprint density at radius 2 is 2.38 bits per heavy atom. The minimum atomic E-state index is -1.31. The van der Waals surface area contributed by atoms with Gasteiger partial charge in [-0.05, 0) is 18.9 Å². The van der Waals surface area contributed by atoms with Crippen molar-refractivity contribution in [3.63, 3.8) is 0 Å². The molecule has 3 nitrogen and oxygen atoms in total. The van der Waals surface area contributed by atoms with Gasteiger partial charge in [0.15, 0.2) is 0 Å². The molecular weight excluding hydrogens is 214 g/mol. The van der Waals surface area contributed by atoms with E-state index in [9.17, 15) is 8.78 Å². The van der Waals surface area contributed by atoms with E-state index in [2.05, 4.69) is 4.99 Å². The first-order chi connectivity index (χ1) is 7.68. The Kier molecular flexibility index (Phi) is 3.05. The average Bonchev–Trinajstić information content (AvgIpc) is 2.29. The zero-order valence-corrected chi connectivity index (χ0v) is 8.75. The number of nitrogens with zero attached hydrogens (tertiary/aromatic N) is 1. The van der Waals surface area contributed by atoms with Gasteiger partial charge < -0.3 is 10.5 Å². The fourth-order valence-corrected chi connectivity index (χ4v) is 1.87. The molecule has 0 aromatic carbocycles. The monoisotopic (exact) mass is 227 g/mol. The van der Waals surface area contributed by atoms with Crippen LogP contribution in [0.5, 0.6) is 0 Å². The maximum atomic E-state index is 13.6. The van der Waals surface area contributed by atoms with Crippen LogP contribution in [0.3, 0.4) is 0 Å². The summed E-state index contributed by atoms with van der Waals surface area (Å²) in [6.07, 6.45) is 5.22. The highest BCUT2D eigenvalue weighted by molar-refractivity contribution is 5.83. The molecule has 1 radical (unpaired) electrons. The molecule has 0 aromatic rings. The Morgan fingerprint density at radius 3 is 3.00 bits per heavy atom. The van der Waals surface area contributed by atoms with Crippen molar-refractivity contribution >= 4 is 5.84 Å². The van der Waals surface area contributed by atoms with Crippen LogP contribution in [0.1, 0.15) is 6.42 Å². The maximum Gasteiger partial charge on any atom is 0.142 e. The first-order valence-corrected chi connectivity index (χ1v) is 5.06. The van der Waals surface area contributed by atoms with E-state index in [4.69, 9.17) is 10.5 Å². The molecular formula is C11H13F2N2O. The lowest BCUT2D eigenvalue weighted by Gasteiger charge is -2.33. The van der Waals surface area contributed by atoms with Crippen LogP contribution in [-0.2, 0) is 4.74 Å². The van der Waals surface area contributed by atoms with Crippen molar-refractivity contribution in [2.75, 3.05) is 19.9 Å². The Bertz CT molecular complexity index is 376. The third-order valence-corrected chi connectivity index (χ3v) is 2.65. The number of aliphatic imine (C=N–C) groups is 1. The lowest BCUT2D eigenvalue weighted by molar-refractivity contribution is 0.0996. The molecule has 16 heavy (non-hydrogen) atoms. The third kappa shape index (κ3) is 1.87. The number of alkyl halides is 1. The van der Waals surface area contributed by atoms with Gasteiger partial charge in [-0.25, -0.2) is 8.78 Å². The summed E-state index contributed by atoms with van der Waals surface area (Å²) in [6.45, 7) is -0.635. The molecule has 0 saturated heterocycles. The Hall–Kier alpha value is -1.23. The van der Waals surface area contributed by atoms with Crippen molar-refractivity contribution in [2.24, 2.45) is 10.7 Å². The molecule has 1 aliphatic carbocycles. The predicted octanol–water partition coefficient (Wildman–Crippen LogP) is 1.47. The van der Waals surface area contributed by atoms with Crippen molar-refractivity contribution < 1.29 is 13.5 Å². The molecule has 0 bridgehead atoms. The smallest absolute Gasteiger partial charge is 0.142 e. The highest BCUT2D eigenvalue weighted by Crippen LogP contribution is 2.34. The van der Waals surface area contributed by atoms with E-state index in [0.717, 1.165) is 0 Å². The minimum Gasteiger partial charge on any atom is -0.385 e. The Labute approximate surface area is 92.7 Å². The summed E-state index contributed by atoms with van der Waals surface area (Å²) in [7, 11) is 0. The Morgan fingerprint density at radius 1 is 1.56 bits per heavy atom. The molecule has 2 N–H and O–H groups in total. The SMILES string of the molecule is NC1=N[C@](CF)(C2=C[CH]CC=C2F)COC1. The first-order valence-electron chi connectivity index (χ1n) is 5.06. The van der Waals surface area contributed by atoms with Gasteiger partial charge in [-0.15, -0.1) is 0 Å². The minimum absolute atomic E-state index is 0.0190. The van der Waals surface area contributed by atoms with Crippen LogP contribution in [0.2, 0.25) is 0 Å². The number of nitrogens with two attached hydrogens (primary N) is 1. The summed E-state index contributed by atoms with van der Waals surface area (Å²) < 4.78 is 32.0. The zero-order valence-electron chi connectivity index (χ0n) is 8.75. The van der Waals surface area contributed by atoms with Crippen molar-refractivity contribution in [1.82, 2.24) is 0 Å². The molecule has 1 atom stereocenters. The molecule has 1 heterocycles. The van der Waals surface area contributed by atoms with Gasteiger partial charge in [0.05, 0.1) is 6.61 Å². The van der Waals surface area contributed by atoms with E-state index in [1.54, 1.807) is 12.5 Å². The quantitative estimate of drug-likeness (QED) is 0.776. The molecule has 2 aliphatic rings. The van der Waals surface area contributed by atoms with Crippen LogP contribution in [0.25, 0.3) is 0 Å². The van der Waals surface area contributed by atoms with Gasteiger partial charge >= 0.3 is 0 Å². The van der Waals surface area contributed by atoms with E-state index in [-0.39, 0.29) is 24.6 Å². The molecule has 0 amide bonds. The third-order valence-electron chi connectivity index (χ3n) is 2.65. The van der Waals surface area contributed by atoms with Gasteiger partial charge in [-0.3, -0.25) is 4.99 Å². The number of allylic oxidation sites excluding steroid dienone is 2. The standard InChI is InChI=1S/C11H13F2N2O/c12-6-11(7-16-5-10(14)15-11)8-3-1-2-4-9(8)13/h1,3-4H,2,5-7H2,(H2,14,15)/t11-/m0/s1. The van der Waals surface area contributed by atoms with E-state index in [0.29, 0.717) is 6.42 Å². The van der Waals surface area contributed by atoms with E-state index < -0.39 is 18.0 Å². The van der Waals surface area contributed by atoms with Gasteiger partial charge in [0.2, 0.25) is 0 Å². The predicted molar refractivity (Wildman–Crippen MR) is 57.3 cm³/mol. The van der Waals surface area contributed by atoms with Gasteiger partial charge in [0.1, 0.15) is 30.5 Å². The molecule has 1 aliphatic heterocycles. The first kappa shape index (κ1) is 11.3. The number of halogens is 2. The fourth-order valence-electron chi connectivity index (χ4n) is 1.87. The van der Waals surface area contributed by atoms with E-state index in [1.165, 1.54) is 6.08 Å². The number of hydrogen-bond acceptors (Lipinski definition) is 3. The number of rotatable bonds is 2. The summed E-state index contributed by atoms with van der Waals surface area (Å²) in [5, 5.41) is 0. The van der Waals surface area contributed by atoms with Gasteiger partial charge in [0, 0.05) is 5.57 Å². The maximum absolute atomic E-state index is 13.6. The van der Waals surface area contributed by atoms with E-state index >= 15 is 0 Å². The second-order valence-electron chi connectivity index (χ2n) is 3.86. The van der Waals surface area contributed by atoms with Crippen LogP contribution < -0.4 is 5.73 Å². The highest BCUT2D eigenvalue weighted by atomic mass is 19.1. The number of amidine groups is 1. The molecule has 5 heteroatoms. The second kappa shape index (κ2) is 4.33. The highest BCUT2D eigenvalue weighted by Gasteiger charge is 2.39. The number of hydrogen-bond donors (Lipinski definition) is 1. The van der Waals surface area contributed by atoms with Gasteiger partial charge in [-0.1, -0.05) is 6.08 Å². The summed E-state index contributed by atoms with van der Waals surface area (Å²) in [4.78, 5) is 4.03. The molecule has 0 fully saturated rings. The summed E-state index contributed by atoms with van der Waals surface area (Å²) in [6, 6.07) is 0. The topological polar surface area (TPSA) is 47.6 Å². The molecule has 0 unspecified atom stereocenters. The normalized spacial score (nSPS) is 30.5. The van der Waals surface area contributed by atoms with Crippen LogP contribution in [-0.4, -0.2) is 31.3 Å². The summed E-state index contributed by atoms with van der Waals surface area (Å²) in [5.41, 5.74) is 4.42. The Balaban J connectivity index is 2.38. The molecule has 0 spiro atoms. The molecule has 2 rings (SSSR count). The van der Waals surface area contributed by atoms with Gasteiger partial charge in [0.25, 0.3) is 0 Å². The molecule has 87 valence electrons. The summed E-state index contributed by atoms with van der Waals surface area (Å²) >= 11 is 0. The van der Waals surface area contributed by atoms with Gasteiger partial charge in [-0.2, -0.15) is 0 Å². The fraction of sp³-hybridized carbons (Fsp3) is 0.455. The number of ether oxygens (including phenoxy) is 1. The molecule has 0 aromatic heterocycles. The molecule has 0 saturated carbocycles. The largest absolute Gasteiger partial charge is 0.385 e. The van der Waals surface area contributed by atoms with Crippen molar-refractivity contribution in [1.29, 1.82) is 0 Å². The summed E-state index contributed by atoms with van der Waals surface area (Å²) in [5.74, 6) is -0.245. The van der Waals surface area contributed by atoms with Crippen molar-refractivity contribution in [2.45, 2.75) is 12.0 Å². The van der Waals surface area contributed by atoms with Crippen LogP contribution in [0, 0.1) is 6.42 Å². The zero-order chi connectivity index (χ0) is 11.6. The lowest BCUT2D eigenvalue weighted by Crippen LogP contribution is -2.45. The van der Waals surface area contributed by atoms with Crippen molar-refractivity contribution in [3.05, 3.63) is 30.0 Å². The van der Waals surface area contributed by atoms with Crippen molar-refractivity contribution in [3.8, 4) is 0 Å². The van der Waals surface area contributed by atoms with Crippen LogP contribution in [0.4, 0.5) is 8.78 Å². The average molecular weight is 227 g/mol. The van der Waals surface area contributed by atoms with Crippen LogP contribution >= 0.6 is 0 Å². The van der Waals surface area contributed by atoms with Crippen LogP contribution in [0.15, 0.2) is 28.5 Å². The van der Waals surface area contributed by atoms with E-state index in [1.807, 2.05) is 0 Å². The lowest BCUT2D eigenvalue weighted by atomic mass is 9.87.